The highest BCUT2D eigenvalue weighted by Crippen LogP contribution is 2.23. The number of aldehydes is 1. The van der Waals surface area contributed by atoms with E-state index in [1.54, 1.807) is 0 Å². The lowest BCUT2D eigenvalue weighted by Gasteiger charge is -2.11. The van der Waals surface area contributed by atoms with Crippen molar-refractivity contribution in [1.29, 1.82) is 0 Å². The molecule has 0 aliphatic heterocycles. The Labute approximate surface area is 125 Å². The molecule has 0 atom stereocenters. The minimum absolute atomic E-state index is 0.231. The van der Waals surface area contributed by atoms with Crippen LogP contribution >= 0.6 is 0 Å². The highest BCUT2D eigenvalue weighted by atomic mass is 16.5. The molecule has 0 heterocycles. The molecular weight excluding hydrogens is 268 g/mol. The van der Waals surface area contributed by atoms with Gasteiger partial charge in [-0.3, -0.25) is 9.59 Å². The first-order valence-electron chi connectivity index (χ1n) is 7.16. The van der Waals surface area contributed by atoms with E-state index < -0.39 is 0 Å². The van der Waals surface area contributed by atoms with Gasteiger partial charge in [-0.05, 0) is 18.4 Å². The number of unbranched alkanes of at least 4 members (excludes halogenated alkanes) is 1. The van der Waals surface area contributed by atoms with Gasteiger partial charge in [0.25, 0.3) is 0 Å². The van der Waals surface area contributed by atoms with E-state index >= 15 is 0 Å². The largest absolute Gasteiger partial charge is 0.493 e. The van der Waals surface area contributed by atoms with Crippen LogP contribution in [0.25, 0.3) is 5.57 Å². The molecule has 1 rings (SSSR count). The smallest absolute Gasteiger partial charge is 0.306 e. The molecule has 1 aromatic carbocycles. The fourth-order valence-corrected chi connectivity index (χ4v) is 1.92. The Balaban J connectivity index is 2.74. The molecule has 0 aliphatic rings. The Bertz CT molecular complexity index is 477. The lowest BCUT2D eigenvalue weighted by atomic mass is 10.00. The third kappa shape index (κ3) is 5.81. The maximum Gasteiger partial charge on any atom is 0.306 e. The summed E-state index contributed by atoms with van der Waals surface area (Å²) in [6.45, 7) is 2.49. The quantitative estimate of drug-likeness (QED) is 0.230. The van der Waals surface area contributed by atoms with E-state index in [2.05, 4.69) is 0 Å². The summed E-state index contributed by atoms with van der Waals surface area (Å²) in [5.74, 6) is 0.000733. The molecule has 0 spiro atoms. The zero-order valence-corrected chi connectivity index (χ0v) is 12.6. The molecule has 0 saturated heterocycles. The second-order valence-corrected chi connectivity index (χ2v) is 4.60. The summed E-state index contributed by atoms with van der Waals surface area (Å²) in [6, 6.07) is 9.44. The van der Waals surface area contributed by atoms with Gasteiger partial charge in [0.15, 0.2) is 12.0 Å². The molecule has 0 bridgehead atoms. The van der Waals surface area contributed by atoms with E-state index in [-0.39, 0.29) is 18.1 Å². The van der Waals surface area contributed by atoms with Crippen LogP contribution in [0.5, 0.6) is 0 Å². The summed E-state index contributed by atoms with van der Waals surface area (Å²) in [5.41, 5.74) is 1.60. The van der Waals surface area contributed by atoms with Crippen LogP contribution in [0.4, 0.5) is 0 Å². The molecule has 21 heavy (non-hydrogen) atoms. The Hall–Kier alpha value is -2.10. The van der Waals surface area contributed by atoms with Crippen molar-refractivity contribution in [3.63, 3.8) is 0 Å². The van der Waals surface area contributed by atoms with Gasteiger partial charge in [0.2, 0.25) is 0 Å². The van der Waals surface area contributed by atoms with Gasteiger partial charge in [0.1, 0.15) is 0 Å². The zero-order chi connectivity index (χ0) is 15.5. The number of carbonyl (C=O) groups is 2. The van der Waals surface area contributed by atoms with E-state index in [4.69, 9.17) is 9.47 Å². The second-order valence-electron chi connectivity index (χ2n) is 4.60. The number of carbonyl (C=O) groups excluding carboxylic acids is 2. The monoisotopic (exact) mass is 290 g/mol. The number of rotatable bonds is 9. The van der Waals surface area contributed by atoms with Crippen LogP contribution in [0, 0.1) is 0 Å². The number of hydrogen-bond acceptors (Lipinski definition) is 4. The molecule has 4 heteroatoms. The number of allylic oxidation sites excluding steroid dienone is 2. The van der Waals surface area contributed by atoms with Gasteiger partial charge in [0.05, 0.1) is 13.7 Å². The van der Waals surface area contributed by atoms with Crippen molar-refractivity contribution in [2.75, 3.05) is 13.7 Å². The molecule has 0 aliphatic carbocycles. The Kier molecular flexibility index (Phi) is 7.87. The van der Waals surface area contributed by atoms with E-state index in [1.807, 2.05) is 37.3 Å². The number of hydrogen-bond donors (Lipinski definition) is 0. The zero-order valence-electron chi connectivity index (χ0n) is 12.6. The second kappa shape index (κ2) is 9.75. The van der Waals surface area contributed by atoms with Crippen LogP contribution in [0.15, 0.2) is 36.1 Å². The average molecular weight is 290 g/mol. The lowest BCUT2D eigenvalue weighted by molar-refractivity contribution is -0.143. The number of methoxy groups -OCH3 is 1. The van der Waals surface area contributed by atoms with Crippen molar-refractivity contribution in [2.24, 2.45) is 0 Å². The predicted octanol–water partition coefficient (Wildman–Crippen LogP) is 3.37. The molecule has 0 amide bonds. The molecule has 0 radical (unpaired) electrons. The standard InChI is InChI=1S/C17H22O4/c1-3-4-12-21-17(19)11-10-15(16(13-18)20-2)14-8-6-5-7-9-14/h5-9,13H,3-4,10-12H2,1-2H3/b16-15-. The molecule has 114 valence electrons. The van der Waals surface area contributed by atoms with Crippen LogP contribution in [-0.4, -0.2) is 26.0 Å². The van der Waals surface area contributed by atoms with Crippen molar-refractivity contribution in [2.45, 2.75) is 32.6 Å². The van der Waals surface area contributed by atoms with Crippen molar-refractivity contribution in [1.82, 2.24) is 0 Å². The van der Waals surface area contributed by atoms with Gasteiger partial charge in [-0.2, -0.15) is 0 Å². The van der Waals surface area contributed by atoms with Crippen LogP contribution in [0.1, 0.15) is 38.2 Å². The van der Waals surface area contributed by atoms with Crippen LogP contribution in [0.3, 0.4) is 0 Å². The van der Waals surface area contributed by atoms with Crippen LogP contribution in [0.2, 0.25) is 0 Å². The predicted molar refractivity (Wildman–Crippen MR) is 81.5 cm³/mol. The molecule has 1 aromatic rings. The topological polar surface area (TPSA) is 52.6 Å². The van der Waals surface area contributed by atoms with E-state index in [0.717, 1.165) is 24.0 Å². The Morgan fingerprint density at radius 1 is 1.19 bits per heavy atom. The molecule has 4 nitrogen and oxygen atoms in total. The minimum atomic E-state index is -0.252. The van der Waals surface area contributed by atoms with Crippen molar-refractivity contribution >= 4 is 17.8 Å². The van der Waals surface area contributed by atoms with Gasteiger partial charge in [-0.25, -0.2) is 0 Å². The van der Waals surface area contributed by atoms with Gasteiger partial charge in [-0.1, -0.05) is 43.7 Å². The van der Waals surface area contributed by atoms with Crippen molar-refractivity contribution in [3.8, 4) is 0 Å². The first-order chi connectivity index (χ1) is 10.2. The Morgan fingerprint density at radius 3 is 2.48 bits per heavy atom. The van der Waals surface area contributed by atoms with Gasteiger partial charge >= 0.3 is 5.97 Å². The summed E-state index contributed by atoms with van der Waals surface area (Å²) in [7, 11) is 1.45. The molecule has 0 N–H and O–H groups in total. The van der Waals surface area contributed by atoms with Crippen LogP contribution < -0.4 is 0 Å². The molecular formula is C17H22O4. The normalized spacial score (nSPS) is 11.5. The third-order valence-electron chi connectivity index (χ3n) is 3.09. The Morgan fingerprint density at radius 2 is 1.90 bits per heavy atom. The van der Waals surface area contributed by atoms with E-state index in [9.17, 15) is 9.59 Å². The lowest BCUT2D eigenvalue weighted by Crippen LogP contribution is -2.07. The summed E-state index contributed by atoms with van der Waals surface area (Å²) in [6.07, 6.45) is 3.17. The maximum absolute atomic E-state index is 11.7. The highest BCUT2D eigenvalue weighted by Gasteiger charge is 2.12. The van der Waals surface area contributed by atoms with E-state index in [0.29, 0.717) is 19.3 Å². The van der Waals surface area contributed by atoms with E-state index in [1.165, 1.54) is 7.11 Å². The van der Waals surface area contributed by atoms with Crippen LogP contribution in [-0.2, 0) is 19.1 Å². The molecule has 0 aromatic heterocycles. The van der Waals surface area contributed by atoms with Gasteiger partial charge in [-0.15, -0.1) is 0 Å². The minimum Gasteiger partial charge on any atom is -0.493 e. The highest BCUT2D eigenvalue weighted by molar-refractivity contribution is 5.87. The number of esters is 1. The third-order valence-corrected chi connectivity index (χ3v) is 3.09. The fraction of sp³-hybridized carbons (Fsp3) is 0.412. The number of ether oxygens (including phenoxy) is 2. The summed E-state index contributed by atoms with van der Waals surface area (Å²) in [4.78, 5) is 22.8. The molecule has 0 fully saturated rings. The van der Waals surface area contributed by atoms with Gasteiger partial charge < -0.3 is 9.47 Å². The average Bonchev–Trinajstić information content (AvgIpc) is 2.52. The molecule has 0 unspecified atom stereocenters. The maximum atomic E-state index is 11.7. The summed E-state index contributed by atoms with van der Waals surface area (Å²) >= 11 is 0. The SMILES string of the molecule is CCCCOC(=O)CC/C(=C(\C=O)OC)c1ccccc1. The van der Waals surface area contributed by atoms with Crippen molar-refractivity contribution in [3.05, 3.63) is 41.7 Å². The summed E-state index contributed by atoms with van der Waals surface area (Å²) < 4.78 is 10.2. The number of benzene rings is 1. The summed E-state index contributed by atoms with van der Waals surface area (Å²) in [5, 5.41) is 0. The van der Waals surface area contributed by atoms with Gasteiger partial charge in [0, 0.05) is 12.0 Å². The molecule has 0 saturated carbocycles. The fourth-order valence-electron chi connectivity index (χ4n) is 1.92. The van der Waals surface area contributed by atoms with Crippen molar-refractivity contribution < 1.29 is 19.1 Å². The first-order valence-corrected chi connectivity index (χ1v) is 7.16. The first kappa shape index (κ1) is 17.0.